The summed E-state index contributed by atoms with van der Waals surface area (Å²) < 4.78 is 0. The zero-order chi connectivity index (χ0) is 13.2. The van der Waals surface area contributed by atoms with Crippen LogP contribution in [0.5, 0.6) is 5.75 Å². The molecule has 6 nitrogen and oxygen atoms in total. The van der Waals surface area contributed by atoms with Crippen LogP contribution in [0.15, 0.2) is 18.2 Å². The highest BCUT2D eigenvalue weighted by molar-refractivity contribution is 5.91. The number of benzene rings is 1. The van der Waals surface area contributed by atoms with E-state index in [0.29, 0.717) is 5.56 Å². The lowest BCUT2D eigenvalue weighted by atomic mass is 9.93. The second-order valence-corrected chi connectivity index (χ2v) is 4.06. The van der Waals surface area contributed by atoms with E-state index in [-0.39, 0.29) is 17.7 Å². The summed E-state index contributed by atoms with van der Waals surface area (Å²) in [6.45, 7) is 1.34. The lowest BCUT2D eigenvalue weighted by molar-refractivity contribution is -0.142. The number of carboxylic acids is 2. The molecular formula is C11H13NO5. The molecule has 92 valence electrons. The summed E-state index contributed by atoms with van der Waals surface area (Å²) in [5, 5.41) is 26.9. The number of aromatic carboxylic acids is 1. The molecule has 1 aromatic carbocycles. The number of rotatable bonds is 4. The van der Waals surface area contributed by atoms with Crippen molar-refractivity contribution in [3.63, 3.8) is 0 Å². The molecule has 0 spiro atoms. The Bertz CT molecular complexity index is 467. The van der Waals surface area contributed by atoms with Gasteiger partial charge in [-0.1, -0.05) is 6.07 Å². The number of nitrogens with two attached hydrogens (primary N) is 1. The minimum atomic E-state index is -1.48. The summed E-state index contributed by atoms with van der Waals surface area (Å²) in [4.78, 5) is 21.6. The first-order valence-electron chi connectivity index (χ1n) is 4.81. The van der Waals surface area contributed by atoms with E-state index < -0.39 is 17.5 Å². The van der Waals surface area contributed by atoms with Crippen molar-refractivity contribution in [2.45, 2.75) is 18.9 Å². The van der Waals surface area contributed by atoms with Crippen LogP contribution in [-0.2, 0) is 11.2 Å². The Morgan fingerprint density at radius 2 is 1.94 bits per heavy atom. The Kier molecular flexibility index (Phi) is 3.38. The third-order valence-corrected chi connectivity index (χ3v) is 2.35. The van der Waals surface area contributed by atoms with Gasteiger partial charge >= 0.3 is 11.9 Å². The minimum Gasteiger partial charge on any atom is -0.507 e. The molecule has 0 amide bonds. The molecule has 0 aromatic heterocycles. The molecule has 6 heteroatoms. The van der Waals surface area contributed by atoms with E-state index in [0.717, 1.165) is 0 Å². The second-order valence-electron chi connectivity index (χ2n) is 4.06. The first kappa shape index (κ1) is 13.0. The van der Waals surface area contributed by atoms with E-state index in [1.165, 1.54) is 25.1 Å². The third kappa shape index (κ3) is 2.94. The van der Waals surface area contributed by atoms with Gasteiger partial charge in [-0.3, -0.25) is 4.79 Å². The average Bonchev–Trinajstić information content (AvgIpc) is 2.20. The molecule has 1 atom stereocenters. The number of hydrogen-bond donors (Lipinski definition) is 4. The van der Waals surface area contributed by atoms with Gasteiger partial charge in [-0.05, 0) is 24.6 Å². The molecule has 0 saturated heterocycles. The van der Waals surface area contributed by atoms with Crippen molar-refractivity contribution < 1.29 is 24.9 Å². The van der Waals surface area contributed by atoms with E-state index in [2.05, 4.69) is 0 Å². The minimum absolute atomic E-state index is 0.0249. The molecule has 0 saturated carbocycles. The summed E-state index contributed by atoms with van der Waals surface area (Å²) >= 11 is 0. The molecular weight excluding hydrogens is 226 g/mol. The van der Waals surface area contributed by atoms with Gasteiger partial charge in [-0.2, -0.15) is 0 Å². The van der Waals surface area contributed by atoms with Gasteiger partial charge in [0.05, 0.1) is 0 Å². The van der Waals surface area contributed by atoms with Gasteiger partial charge in [-0.25, -0.2) is 4.79 Å². The van der Waals surface area contributed by atoms with Crippen LogP contribution in [0.4, 0.5) is 0 Å². The van der Waals surface area contributed by atoms with Gasteiger partial charge < -0.3 is 21.1 Å². The van der Waals surface area contributed by atoms with Crippen molar-refractivity contribution in [3.05, 3.63) is 29.3 Å². The largest absolute Gasteiger partial charge is 0.507 e. The fraction of sp³-hybridized carbons (Fsp3) is 0.273. The molecule has 17 heavy (non-hydrogen) atoms. The van der Waals surface area contributed by atoms with Crippen molar-refractivity contribution in [2.75, 3.05) is 0 Å². The fourth-order valence-electron chi connectivity index (χ4n) is 1.36. The highest BCUT2D eigenvalue weighted by atomic mass is 16.4. The summed E-state index contributed by atoms with van der Waals surface area (Å²) in [5.74, 6) is -2.82. The Morgan fingerprint density at radius 3 is 2.41 bits per heavy atom. The highest BCUT2D eigenvalue weighted by Gasteiger charge is 2.28. The number of aromatic hydroxyl groups is 1. The summed E-state index contributed by atoms with van der Waals surface area (Å²) in [6.07, 6.45) is -0.0249. The van der Waals surface area contributed by atoms with Crippen LogP contribution in [0.2, 0.25) is 0 Å². The maximum atomic E-state index is 10.8. The summed E-state index contributed by atoms with van der Waals surface area (Å²) in [7, 11) is 0. The number of carbonyl (C=O) groups is 2. The van der Waals surface area contributed by atoms with Crippen LogP contribution >= 0.6 is 0 Å². The monoisotopic (exact) mass is 239 g/mol. The zero-order valence-corrected chi connectivity index (χ0v) is 9.17. The molecule has 1 rings (SSSR count). The SMILES string of the molecule is CC(N)(Cc1ccc(O)c(C(=O)O)c1)C(=O)O. The summed E-state index contributed by atoms with van der Waals surface area (Å²) in [5.41, 5.74) is 4.23. The van der Waals surface area contributed by atoms with Gasteiger partial charge in [0.2, 0.25) is 0 Å². The number of carboxylic acid groups (broad SMARTS) is 2. The van der Waals surface area contributed by atoms with Crippen molar-refractivity contribution in [1.29, 1.82) is 0 Å². The van der Waals surface area contributed by atoms with Gasteiger partial charge in [-0.15, -0.1) is 0 Å². The fourth-order valence-corrected chi connectivity index (χ4v) is 1.36. The summed E-state index contributed by atoms with van der Waals surface area (Å²) in [6, 6.07) is 3.86. The van der Waals surface area contributed by atoms with Crippen molar-refractivity contribution in [3.8, 4) is 5.75 Å². The van der Waals surface area contributed by atoms with Crippen molar-refractivity contribution >= 4 is 11.9 Å². The molecule has 0 bridgehead atoms. The molecule has 0 aliphatic heterocycles. The Balaban J connectivity index is 3.05. The molecule has 0 aliphatic rings. The maximum Gasteiger partial charge on any atom is 0.339 e. The van der Waals surface area contributed by atoms with Crippen LogP contribution in [0, 0.1) is 0 Å². The van der Waals surface area contributed by atoms with E-state index >= 15 is 0 Å². The highest BCUT2D eigenvalue weighted by Crippen LogP contribution is 2.21. The van der Waals surface area contributed by atoms with Crippen molar-refractivity contribution in [1.82, 2.24) is 0 Å². The lowest BCUT2D eigenvalue weighted by Crippen LogP contribution is -2.46. The van der Waals surface area contributed by atoms with Crippen LogP contribution in [0.3, 0.4) is 0 Å². The predicted octanol–water partition coefficient (Wildman–Crippen LogP) is 0.435. The van der Waals surface area contributed by atoms with E-state index in [9.17, 15) is 14.7 Å². The molecule has 5 N–H and O–H groups in total. The van der Waals surface area contributed by atoms with Crippen LogP contribution in [-0.4, -0.2) is 32.8 Å². The van der Waals surface area contributed by atoms with Crippen LogP contribution in [0.25, 0.3) is 0 Å². The van der Waals surface area contributed by atoms with E-state index in [1.807, 2.05) is 0 Å². The normalized spacial score (nSPS) is 14.0. The Hall–Kier alpha value is -2.08. The molecule has 1 aromatic rings. The molecule has 0 heterocycles. The van der Waals surface area contributed by atoms with Crippen LogP contribution in [0.1, 0.15) is 22.8 Å². The number of hydrogen-bond acceptors (Lipinski definition) is 4. The maximum absolute atomic E-state index is 10.8. The van der Waals surface area contributed by atoms with Gasteiger partial charge in [0, 0.05) is 6.42 Å². The third-order valence-electron chi connectivity index (χ3n) is 2.35. The molecule has 0 fully saturated rings. The Morgan fingerprint density at radius 1 is 1.35 bits per heavy atom. The lowest BCUT2D eigenvalue weighted by Gasteiger charge is -2.19. The van der Waals surface area contributed by atoms with Crippen molar-refractivity contribution in [2.24, 2.45) is 5.73 Å². The molecule has 0 aliphatic carbocycles. The van der Waals surface area contributed by atoms with Gasteiger partial charge in [0.1, 0.15) is 16.9 Å². The zero-order valence-electron chi connectivity index (χ0n) is 9.17. The van der Waals surface area contributed by atoms with E-state index in [1.54, 1.807) is 0 Å². The van der Waals surface area contributed by atoms with Gasteiger partial charge in [0.25, 0.3) is 0 Å². The number of aliphatic carboxylic acids is 1. The van der Waals surface area contributed by atoms with Gasteiger partial charge in [0.15, 0.2) is 0 Å². The molecule has 0 radical (unpaired) electrons. The standard InChI is InChI=1S/C11H13NO5/c1-11(12,10(16)17)5-6-2-3-8(13)7(4-6)9(14)15/h2-4,13H,5,12H2,1H3,(H,14,15)(H,16,17). The smallest absolute Gasteiger partial charge is 0.339 e. The predicted molar refractivity (Wildman–Crippen MR) is 59.0 cm³/mol. The van der Waals surface area contributed by atoms with Crippen LogP contribution < -0.4 is 5.73 Å². The first-order valence-corrected chi connectivity index (χ1v) is 4.81. The second kappa shape index (κ2) is 4.42. The number of phenols is 1. The quantitative estimate of drug-likeness (QED) is 0.604. The topological polar surface area (TPSA) is 121 Å². The average molecular weight is 239 g/mol. The Labute approximate surface area is 97.3 Å². The first-order chi connectivity index (χ1) is 7.74. The van der Waals surface area contributed by atoms with E-state index in [4.69, 9.17) is 15.9 Å². The molecule has 1 unspecified atom stereocenters.